The van der Waals surface area contributed by atoms with E-state index in [0.29, 0.717) is 24.3 Å². The maximum absolute atomic E-state index is 12.0. The maximum Gasteiger partial charge on any atom is 0.252 e. The number of rotatable bonds is 7. The molecule has 0 aliphatic rings. The molecule has 0 saturated carbocycles. The zero-order valence-corrected chi connectivity index (χ0v) is 16.3. The van der Waals surface area contributed by atoms with Crippen LogP contribution in [-0.2, 0) is 4.79 Å². The van der Waals surface area contributed by atoms with Crippen molar-refractivity contribution in [1.82, 2.24) is 10.7 Å². The van der Waals surface area contributed by atoms with E-state index in [1.54, 1.807) is 30.3 Å². The van der Waals surface area contributed by atoms with Crippen molar-refractivity contribution in [1.29, 1.82) is 0 Å². The van der Waals surface area contributed by atoms with Crippen molar-refractivity contribution < 1.29 is 14.0 Å². The van der Waals surface area contributed by atoms with E-state index >= 15 is 0 Å². The largest absolute Gasteiger partial charge is 0.449 e. The summed E-state index contributed by atoms with van der Waals surface area (Å²) in [6, 6.07) is 10.7. The van der Waals surface area contributed by atoms with E-state index in [1.807, 2.05) is 28.7 Å². The van der Waals surface area contributed by atoms with E-state index in [4.69, 9.17) is 4.42 Å². The predicted molar refractivity (Wildman–Crippen MR) is 103 cm³/mol. The zero-order valence-electron chi connectivity index (χ0n) is 12.6. The molecule has 126 valence electrons. The molecule has 1 heterocycles. The fourth-order valence-corrected chi connectivity index (χ4v) is 2.71. The second kappa shape index (κ2) is 9.58. The van der Waals surface area contributed by atoms with Gasteiger partial charge in [-0.3, -0.25) is 9.59 Å². The molecule has 0 radical (unpaired) electrons. The predicted octanol–water partition coefficient (Wildman–Crippen LogP) is 3.31. The number of carbonyl (C=O) groups excluding carboxylic acids is 2. The molecule has 0 saturated heterocycles. The van der Waals surface area contributed by atoms with Crippen molar-refractivity contribution in [2.24, 2.45) is 5.10 Å². The molecule has 8 heteroatoms. The van der Waals surface area contributed by atoms with Gasteiger partial charge in [0.05, 0.1) is 11.8 Å². The first-order valence-corrected chi connectivity index (χ1v) is 9.03. The molecule has 2 amide bonds. The molecule has 1 aromatic heterocycles. The Labute approximate surface area is 161 Å². The number of nitrogens with one attached hydrogen (secondary N) is 2. The van der Waals surface area contributed by atoms with Crippen molar-refractivity contribution >= 4 is 56.5 Å². The highest BCUT2D eigenvalue weighted by Crippen LogP contribution is 2.15. The summed E-state index contributed by atoms with van der Waals surface area (Å²) in [5.41, 5.74) is 2.99. The van der Waals surface area contributed by atoms with E-state index < -0.39 is 0 Å². The molecule has 0 aliphatic heterocycles. The zero-order chi connectivity index (χ0) is 17.4. The second-order valence-electron chi connectivity index (χ2n) is 4.77. The maximum atomic E-state index is 12.0. The molecule has 1 aromatic carbocycles. The minimum atomic E-state index is -0.220. The van der Waals surface area contributed by atoms with Gasteiger partial charge in [-0.1, -0.05) is 12.1 Å². The first-order chi connectivity index (χ1) is 11.6. The van der Waals surface area contributed by atoms with Gasteiger partial charge >= 0.3 is 0 Å². The Hall–Kier alpha value is -1.68. The third-order valence-corrected chi connectivity index (χ3v) is 4.23. The Morgan fingerprint density at radius 3 is 2.75 bits per heavy atom. The number of benzene rings is 1. The molecule has 24 heavy (non-hydrogen) atoms. The van der Waals surface area contributed by atoms with Gasteiger partial charge in [-0.25, -0.2) is 5.43 Å². The number of hydrogen-bond donors (Lipinski definition) is 2. The van der Waals surface area contributed by atoms with Crippen molar-refractivity contribution in [2.75, 3.05) is 6.54 Å². The highest BCUT2D eigenvalue weighted by atomic mass is 127. The molecule has 0 fully saturated rings. The van der Waals surface area contributed by atoms with Crippen LogP contribution >= 0.6 is 38.5 Å². The normalized spacial score (nSPS) is 10.8. The summed E-state index contributed by atoms with van der Waals surface area (Å²) in [6.45, 7) is 0.410. The van der Waals surface area contributed by atoms with Crippen molar-refractivity contribution in [2.45, 2.75) is 12.8 Å². The lowest BCUT2D eigenvalue weighted by atomic mass is 10.2. The minimum absolute atomic E-state index is 0.173. The number of carbonyl (C=O) groups is 2. The summed E-state index contributed by atoms with van der Waals surface area (Å²) in [5.74, 6) is 0.177. The molecule has 0 atom stereocenters. The molecule has 2 rings (SSSR count). The Morgan fingerprint density at radius 2 is 2.04 bits per heavy atom. The van der Waals surface area contributed by atoms with Crippen LogP contribution in [0.15, 0.2) is 50.4 Å². The Balaban J connectivity index is 1.65. The average molecular weight is 504 g/mol. The lowest BCUT2D eigenvalue weighted by molar-refractivity contribution is -0.121. The Bertz CT molecular complexity index is 746. The van der Waals surface area contributed by atoms with Crippen LogP contribution in [0.5, 0.6) is 0 Å². The lowest BCUT2D eigenvalue weighted by Gasteiger charge is -2.06. The first-order valence-electron chi connectivity index (χ1n) is 7.16. The number of nitrogens with zero attached hydrogens (tertiary/aromatic N) is 1. The summed E-state index contributed by atoms with van der Waals surface area (Å²) in [4.78, 5) is 23.6. The van der Waals surface area contributed by atoms with Crippen LogP contribution in [0.1, 0.15) is 29.0 Å². The van der Waals surface area contributed by atoms with Gasteiger partial charge in [0, 0.05) is 17.4 Å². The summed E-state index contributed by atoms with van der Waals surface area (Å²) in [5, 5.41) is 6.59. The second-order valence-corrected chi connectivity index (χ2v) is 6.69. The van der Waals surface area contributed by atoms with Gasteiger partial charge in [0.25, 0.3) is 5.91 Å². The third-order valence-electron chi connectivity index (χ3n) is 2.96. The van der Waals surface area contributed by atoms with Gasteiger partial charge in [0.1, 0.15) is 5.76 Å². The number of furan rings is 1. The molecule has 0 unspecified atom stereocenters. The van der Waals surface area contributed by atoms with Crippen LogP contribution in [-0.4, -0.2) is 24.6 Å². The number of hydrogen-bond acceptors (Lipinski definition) is 4. The smallest absolute Gasteiger partial charge is 0.252 e. The van der Waals surface area contributed by atoms with Gasteiger partial charge < -0.3 is 9.73 Å². The summed E-state index contributed by atoms with van der Waals surface area (Å²) in [7, 11) is 0. The van der Waals surface area contributed by atoms with Crippen LogP contribution in [0.3, 0.4) is 0 Å². The van der Waals surface area contributed by atoms with Gasteiger partial charge in [-0.2, -0.15) is 5.10 Å². The average Bonchev–Trinajstić information content (AvgIpc) is 2.97. The summed E-state index contributed by atoms with van der Waals surface area (Å²) in [6.07, 6.45) is 2.23. The first kappa shape index (κ1) is 18.7. The SMILES string of the molecule is O=C(CCCNC(=O)c1ccccc1Br)N/N=C/c1ccc(I)o1. The highest BCUT2D eigenvalue weighted by molar-refractivity contribution is 14.1. The summed E-state index contributed by atoms with van der Waals surface area (Å²) >= 11 is 5.38. The lowest BCUT2D eigenvalue weighted by Crippen LogP contribution is -2.26. The van der Waals surface area contributed by atoms with Crippen molar-refractivity contribution in [3.8, 4) is 0 Å². The van der Waals surface area contributed by atoms with Crippen molar-refractivity contribution in [3.63, 3.8) is 0 Å². The van der Waals surface area contributed by atoms with E-state index in [2.05, 4.69) is 31.8 Å². The van der Waals surface area contributed by atoms with Gasteiger partial charge in [-0.15, -0.1) is 0 Å². The molecule has 2 N–H and O–H groups in total. The topological polar surface area (TPSA) is 83.7 Å². The van der Waals surface area contributed by atoms with Crippen LogP contribution < -0.4 is 10.7 Å². The van der Waals surface area contributed by atoms with Crippen LogP contribution in [0.4, 0.5) is 0 Å². The molecule has 2 aromatic rings. The molecule has 0 aliphatic carbocycles. The van der Waals surface area contributed by atoms with Gasteiger partial charge in [0.15, 0.2) is 3.77 Å². The van der Waals surface area contributed by atoms with Gasteiger partial charge in [-0.05, 0) is 69.2 Å². The quantitative estimate of drug-likeness (QED) is 0.263. The number of hydrazone groups is 1. The molecular formula is C16H15BrIN3O3. The number of amides is 2. The third kappa shape index (κ3) is 6.08. The van der Waals surface area contributed by atoms with Gasteiger partial charge in [0.2, 0.25) is 5.91 Å². The van der Waals surface area contributed by atoms with E-state index in [1.165, 1.54) is 6.21 Å². The molecule has 6 nitrogen and oxygen atoms in total. The standard InChI is InChI=1S/C16H15BrIN3O3/c17-13-5-2-1-4-12(13)16(23)19-9-3-6-15(22)21-20-10-11-7-8-14(18)24-11/h1-2,4-5,7-8,10H,3,6,9H2,(H,19,23)(H,21,22)/b20-10+. The van der Waals surface area contributed by atoms with Crippen molar-refractivity contribution in [3.05, 3.63) is 56.0 Å². The number of halogens is 2. The Kier molecular flexibility index (Phi) is 7.44. The fourth-order valence-electron chi connectivity index (χ4n) is 1.81. The van der Waals surface area contributed by atoms with E-state index in [-0.39, 0.29) is 18.2 Å². The van der Waals surface area contributed by atoms with Crippen LogP contribution in [0.2, 0.25) is 0 Å². The van der Waals surface area contributed by atoms with E-state index in [9.17, 15) is 9.59 Å². The molecule has 0 spiro atoms. The summed E-state index contributed by atoms with van der Waals surface area (Å²) < 4.78 is 6.77. The molecular weight excluding hydrogens is 489 g/mol. The van der Waals surface area contributed by atoms with Crippen LogP contribution in [0.25, 0.3) is 0 Å². The van der Waals surface area contributed by atoms with Crippen LogP contribution in [0, 0.1) is 3.77 Å². The fraction of sp³-hybridized carbons (Fsp3) is 0.188. The Morgan fingerprint density at radius 1 is 1.25 bits per heavy atom. The monoisotopic (exact) mass is 503 g/mol. The van der Waals surface area contributed by atoms with E-state index in [0.717, 1.165) is 8.24 Å². The highest BCUT2D eigenvalue weighted by Gasteiger charge is 2.08. The molecule has 0 bridgehead atoms. The minimum Gasteiger partial charge on any atom is -0.449 e.